The number of anilines is 2. The van der Waals surface area contributed by atoms with Gasteiger partial charge in [0.1, 0.15) is 18.2 Å². The molecule has 0 unspecified atom stereocenters. The minimum Gasteiger partial charge on any atom is -0.463 e. The van der Waals surface area contributed by atoms with Crippen molar-refractivity contribution in [3.05, 3.63) is 84.5 Å². The Labute approximate surface area is 274 Å². The molecule has 1 spiro atoms. The Bertz CT molecular complexity index is 1540. The van der Waals surface area contributed by atoms with Crippen LogP contribution >= 0.6 is 0 Å². The Hall–Kier alpha value is -4.48. The molecule has 4 aliphatic rings. The summed E-state index contributed by atoms with van der Waals surface area (Å²) in [6, 6.07) is 15.2. The molecule has 4 heterocycles. The average molecular weight is 643 g/mol. The van der Waals surface area contributed by atoms with Gasteiger partial charge in [-0.1, -0.05) is 54.6 Å². The highest BCUT2D eigenvalue weighted by atomic mass is 16.5. The van der Waals surface area contributed by atoms with Gasteiger partial charge in [-0.25, -0.2) is 0 Å². The lowest BCUT2D eigenvalue weighted by Crippen LogP contribution is -2.55. The second kappa shape index (κ2) is 13.7. The van der Waals surface area contributed by atoms with Crippen LogP contribution in [0.3, 0.4) is 0 Å². The molecule has 0 bridgehead atoms. The summed E-state index contributed by atoms with van der Waals surface area (Å²) in [6.07, 6.45) is 6.74. The SMILES string of the molecule is CCN(CC)c1ccc(N2CC=C[C@]34O[C@@H]5/C=C\CCC(=O)OC[C@@H](c6ccccc6)NC(=O)[C@@H]5[C@H]3C(=O)N(CCO)[C@@H]4C2=O)cc1. The number of amides is 3. The van der Waals surface area contributed by atoms with Gasteiger partial charge in [-0.15, -0.1) is 0 Å². The zero-order chi connectivity index (χ0) is 33.1. The number of aliphatic hydroxyl groups excluding tert-OH is 1. The second-order valence-corrected chi connectivity index (χ2v) is 12.3. The van der Waals surface area contributed by atoms with E-state index in [1.54, 1.807) is 23.1 Å². The number of hydrogen-bond donors (Lipinski definition) is 2. The maximum absolute atomic E-state index is 14.6. The quantitative estimate of drug-likeness (QED) is 0.349. The molecular weight excluding hydrogens is 600 g/mol. The summed E-state index contributed by atoms with van der Waals surface area (Å²) < 4.78 is 12.3. The van der Waals surface area contributed by atoms with Crippen LogP contribution in [0.5, 0.6) is 0 Å². The summed E-state index contributed by atoms with van der Waals surface area (Å²) in [4.78, 5) is 60.9. The van der Waals surface area contributed by atoms with E-state index < -0.39 is 47.4 Å². The van der Waals surface area contributed by atoms with Gasteiger partial charge in [0.15, 0.2) is 0 Å². The minimum atomic E-state index is -1.45. The van der Waals surface area contributed by atoms with Crippen LogP contribution in [-0.2, 0) is 28.7 Å². The number of cyclic esters (lactones) is 1. The number of nitrogens with one attached hydrogen (secondary N) is 1. The normalized spacial score (nSPS) is 29.9. The van der Waals surface area contributed by atoms with Gasteiger partial charge in [-0.2, -0.15) is 0 Å². The number of carbonyl (C=O) groups excluding carboxylic acids is 4. The summed E-state index contributed by atoms with van der Waals surface area (Å²) in [5.41, 5.74) is 1.00. The van der Waals surface area contributed by atoms with Crippen molar-refractivity contribution in [3.8, 4) is 0 Å². The van der Waals surface area contributed by atoms with Crippen LogP contribution in [0.15, 0.2) is 78.9 Å². The predicted octanol–water partition coefficient (Wildman–Crippen LogP) is 2.76. The maximum Gasteiger partial charge on any atom is 0.306 e. The number of rotatable bonds is 7. The van der Waals surface area contributed by atoms with Crippen LogP contribution < -0.4 is 15.1 Å². The lowest BCUT2D eigenvalue weighted by Gasteiger charge is -2.35. The average Bonchev–Trinajstić information content (AvgIpc) is 3.46. The van der Waals surface area contributed by atoms with Gasteiger partial charge in [0.05, 0.1) is 30.6 Å². The number of fused-ring (bicyclic) bond motifs is 2. The molecule has 3 amide bonds. The van der Waals surface area contributed by atoms with E-state index in [-0.39, 0.29) is 44.6 Å². The zero-order valence-electron chi connectivity index (χ0n) is 26.8. The van der Waals surface area contributed by atoms with Gasteiger partial charge in [-0.05, 0) is 50.1 Å². The first-order valence-electron chi connectivity index (χ1n) is 16.4. The van der Waals surface area contributed by atoms with E-state index in [2.05, 4.69) is 24.1 Å². The van der Waals surface area contributed by atoms with Gasteiger partial charge >= 0.3 is 5.97 Å². The molecule has 11 heteroatoms. The summed E-state index contributed by atoms with van der Waals surface area (Å²) in [5.74, 6) is -3.62. The van der Waals surface area contributed by atoms with E-state index in [0.717, 1.165) is 24.3 Å². The molecule has 6 atom stereocenters. The number of ether oxygens (including phenoxy) is 2. The standard InChI is InChI=1S/C36H42N4O7/c1-3-38(4-2)25-15-17-26(18-16-25)39-20-10-19-36-31(34(44)40(21-22-41)32(36)35(39)45)30-28(47-36)13-8-9-14-29(42)46-23-27(37-33(30)43)24-11-6-5-7-12-24/h5-8,10-13,15-19,27-28,30-32,41H,3-4,9,14,20-23H2,1-2H3,(H,37,43)/b13-8-/t27-,28+,30-,31-,32+,36-/m0/s1. The van der Waals surface area contributed by atoms with E-state index in [1.807, 2.05) is 60.7 Å². The molecule has 0 aromatic heterocycles. The smallest absolute Gasteiger partial charge is 0.306 e. The zero-order valence-corrected chi connectivity index (χ0v) is 26.8. The highest BCUT2D eigenvalue weighted by Crippen LogP contribution is 2.53. The number of benzene rings is 2. The Morgan fingerprint density at radius 1 is 0.979 bits per heavy atom. The topological polar surface area (TPSA) is 129 Å². The molecule has 248 valence electrons. The third kappa shape index (κ3) is 5.94. The van der Waals surface area contributed by atoms with Gasteiger partial charge in [0.2, 0.25) is 11.8 Å². The first-order valence-corrected chi connectivity index (χ1v) is 16.4. The van der Waals surface area contributed by atoms with Crippen molar-refractivity contribution in [1.29, 1.82) is 0 Å². The third-order valence-corrected chi connectivity index (χ3v) is 9.70. The first kappa shape index (κ1) is 32.5. The summed E-state index contributed by atoms with van der Waals surface area (Å²) in [5, 5.41) is 13.1. The van der Waals surface area contributed by atoms with Crippen molar-refractivity contribution in [1.82, 2.24) is 10.2 Å². The van der Waals surface area contributed by atoms with Crippen molar-refractivity contribution in [2.75, 3.05) is 49.2 Å². The lowest BCUT2D eigenvalue weighted by molar-refractivity contribution is -0.146. The molecule has 2 fully saturated rings. The Balaban J connectivity index is 1.38. The molecule has 11 nitrogen and oxygen atoms in total. The lowest BCUT2D eigenvalue weighted by atomic mass is 9.77. The maximum atomic E-state index is 14.6. The van der Waals surface area contributed by atoms with Gasteiger partial charge in [0.25, 0.3) is 5.91 Å². The molecule has 4 aliphatic heterocycles. The van der Waals surface area contributed by atoms with Crippen molar-refractivity contribution < 1.29 is 33.8 Å². The summed E-state index contributed by atoms with van der Waals surface area (Å²) in [7, 11) is 0. The number of esters is 1. The van der Waals surface area contributed by atoms with Crippen LogP contribution in [0, 0.1) is 11.8 Å². The molecule has 0 saturated carbocycles. The monoisotopic (exact) mass is 642 g/mol. The molecule has 47 heavy (non-hydrogen) atoms. The Morgan fingerprint density at radius 3 is 2.43 bits per heavy atom. The molecule has 0 radical (unpaired) electrons. The molecule has 2 aromatic carbocycles. The molecule has 2 aromatic rings. The summed E-state index contributed by atoms with van der Waals surface area (Å²) >= 11 is 0. The predicted molar refractivity (Wildman–Crippen MR) is 175 cm³/mol. The number of nitrogens with zero attached hydrogens (tertiary/aromatic N) is 3. The molecular formula is C36H42N4O7. The van der Waals surface area contributed by atoms with Crippen LogP contribution in [0.4, 0.5) is 11.4 Å². The second-order valence-electron chi connectivity index (χ2n) is 12.3. The Morgan fingerprint density at radius 2 is 1.72 bits per heavy atom. The van der Waals surface area contributed by atoms with Crippen LogP contribution in [0.2, 0.25) is 0 Å². The Kier molecular flexibility index (Phi) is 9.47. The van der Waals surface area contributed by atoms with Crippen LogP contribution in [0.25, 0.3) is 0 Å². The minimum absolute atomic E-state index is 0.0695. The van der Waals surface area contributed by atoms with Gasteiger partial charge < -0.3 is 34.6 Å². The molecule has 6 rings (SSSR count). The molecule has 2 N–H and O–H groups in total. The number of allylic oxidation sites excluding steroid dienone is 1. The fraction of sp³-hybridized carbons (Fsp3) is 0.444. The summed E-state index contributed by atoms with van der Waals surface area (Å²) in [6.45, 7) is 5.60. The fourth-order valence-corrected chi connectivity index (χ4v) is 7.45. The van der Waals surface area contributed by atoms with E-state index >= 15 is 0 Å². The number of likely N-dealkylation sites (tertiary alicyclic amines) is 1. The number of carbonyl (C=O) groups is 4. The van der Waals surface area contributed by atoms with Crippen LogP contribution in [0.1, 0.15) is 38.3 Å². The highest BCUT2D eigenvalue weighted by Gasteiger charge is 2.71. The first-order chi connectivity index (χ1) is 22.8. The number of β-amino-alcohol motifs (C(OH)–C–C–N with tert-alkyl or cyclic N) is 1. The highest BCUT2D eigenvalue weighted by molar-refractivity contribution is 6.05. The van der Waals surface area contributed by atoms with E-state index in [0.29, 0.717) is 12.1 Å². The van der Waals surface area contributed by atoms with Gasteiger partial charge in [-0.3, -0.25) is 19.2 Å². The van der Waals surface area contributed by atoms with E-state index in [1.165, 1.54) is 4.90 Å². The number of hydrogen-bond acceptors (Lipinski definition) is 8. The molecule has 0 aliphatic carbocycles. The van der Waals surface area contributed by atoms with Crippen molar-refractivity contribution in [2.45, 2.75) is 50.5 Å². The van der Waals surface area contributed by atoms with E-state index in [4.69, 9.17) is 9.47 Å². The largest absolute Gasteiger partial charge is 0.463 e. The van der Waals surface area contributed by atoms with Crippen molar-refractivity contribution >= 4 is 35.1 Å². The number of aliphatic hydroxyl groups is 1. The van der Waals surface area contributed by atoms with Gasteiger partial charge in [0, 0.05) is 44.0 Å². The van der Waals surface area contributed by atoms with Crippen molar-refractivity contribution in [3.63, 3.8) is 0 Å². The fourth-order valence-electron chi connectivity index (χ4n) is 7.45. The molecule has 2 saturated heterocycles. The third-order valence-electron chi connectivity index (χ3n) is 9.70. The van der Waals surface area contributed by atoms with E-state index in [9.17, 15) is 24.3 Å². The van der Waals surface area contributed by atoms with Crippen molar-refractivity contribution in [2.24, 2.45) is 11.8 Å². The van der Waals surface area contributed by atoms with Crippen LogP contribution in [-0.4, -0.2) is 90.8 Å².